The molecule has 0 atom stereocenters. The molecule has 5 heteroatoms. The van der Waals surface area contributed by atoms with Gasteiger partial charge < -0.3 is 15.2 Å². The van der Waals surface area contributed by atoms with Gasteiger partial charge in [-0.2, -0.15) is 0 Å². The zero-order chi connectivity index (χ0) is 15.4. The summed E-state index contributed by atoms with van der Waals surface area (Å²) < 4.78 is 5.29. The van der Waals surface area contributed by atoms with Crippen LogP contribution in [0.2, 0.25) is 5.02 Å². The van der Waals surface area contributed by atoms with E-state index < -0.39 is 5.97 Å². The highest BCUT2D eigenvalue weighted by atomic mass is 35.5. The number of nitrogens with one attached hydrogen (secondary N) is 1. The highest BCUT2D eigenvalue weighted by Crippen LogP contribution is 2.31. The second-order valence-corrected chi connectivity index (χ2v) is 5.07. The Morgan fingerprint density at radius 3 is 2.76 bits per heavy atom. The lowest BCUT2D eigenvalue weighted by molar-refractivity contribution is 0.0697. The van der Waals surface area contributed by atoms with Crippen molar-refractivity contribution >= 4 is 23.3 Å². The van der Waals surface area contributed by atoms with Crippen molar-refractivity contribution in [2.24, 2.45) is 0 Å². The van der Waals surface area contributed by atoms with Gasteiger partial charge in [-0.25, -0.2) is 4.79 Å². The second kappa shape index (κ2) is 6.50. The maximum atomic E-state index is 11.0. The lowest BCUT2D eigenvalue weighted by Crippen LogP contribution is -2.04. The summed E-state index contributed by atoms with van der Waals surface area (Å²) in [6, 6.07) is 10.5. The first-order valence-corrected chi connectivity index (χ1v) is 6.79. The largest absolute Gasteiger partial charge is 0.495 e. The number of aromatic carboxylic acids is 1. The van der Waals surface area contributed by atoms with E-state index in [4.69, 9.17) is 21.4 Å². The molecule has 2 aromatic carbocycles. The Morgan fingerprint density at radius 2 is 2.10 bits per heavy atom. The molecule has 21 heavy (non-hydrogen) atoms. The Labute approximate surface area is 128 Å². The molecule has 0 unspecified atom stereocenters. The zero-order valence-corrected chi connectivity index (χ0v) is 12.6. The predicted octanol–water partition coefficient (Wildman–Crippen LogP) is 3.97. The normalized spacial score (nSPS) is 10.2. The minimum atomic E-state index is -0.934. The summed E-state index contributed by atoms with van der Waals surface area (Å²) >= 11 is 6.06. The molecule has 0 aliphatic rings. The number of hydrogen-bond acceptors (Lipinski definition) is 3. The summed E-state index contributed by atoms with van der Waals surface area (Å²) in [5.41, 5.74) is 2.91. The van der Waals surface area contributed by atoms with Crippen LogP contribution in [-0.2, 0) is 6.54 Å². The third-order valence-electron chi connectivity index (χ3n) is 3.14. The van der Waals surface area contributed by atoms with E-state index >= 15 is 0 Å². The maximum absolute atomic E-state index is 11.0. The van der Waals surface area contributed by atoms with Crippen molar-refractivity contribution in [1.82, 2.24) is 0 Å². The van der Waals surface area contributed by atoms with Crippen molar-refractivity contribution in [3.8, 4) is 5.75 Å². The summed E-state index contributed by atoms with van der Waals surface area (Å²) in [6.07, 6.45) is 0. The number of halogens is 1. The Hall–Kier alpha value is -2.20. The SMILES string of the molecule is COc1cc(Cl)c(C)cc1NCc1cccc(C(=O)O)c1. The van der Waals surface area contributed by atoms with Crippen LogP contribution in [0.3, 0.4) is 0 Å². The van der Waals surface area contributed by atoms with Gasteiger partial charge in [0.15, 0.2) is 0 Å². The monoisotopic (exact) mass is 305 g/mol. The van der Waals surface area contributed by atoms with Crippen LogP contribution in [0.5, 0.6) is 5.75 Å². The van der Waals surface area contributed by atoms with Gasteiger partial charge in [0, 0.05) is 17.6 Å². The van der Waals surface area contributed by atoms with Crippen LogP contribution in [0.15, 0.2) is 36.4 Å². The van der Waals surface area contributed by atoms with Crippen molar-refractivity contribution < 1.29 is 14.6 Å². The smallest absolute Gasteiger partial charge is 0.335 e. The summed E-state index contributed by atoms with van der Waals surface area (Å²) in [5.74, 6) is -0.281. The van der Waals surface area contributed by atoms with Crippen LogP contribution < -0.4 is 10.1 Å². The molecular formula is C16H16ClNO3. The minimum absolute atomic E-state index is 0.272. The molecule has 0 radical (unpaired) electrons. The number of methoxy groups -OCH3 is 1. The van der Waals surface area contributed by atoms with Gasteiger partial charge >= 0.3 is 5.97 Å². The third-order valence-corrected chi connectivity index (χ3v) is 3.54. The van der Waals surface area contributed by atoms with E-state index in [2.05, 4.69) is 5.32 Å². The fraction of sp³-hybridized carbons (Fsp3) is 0.188. The van der Waals surface area contributed by atoms with Gasteiger partial charge in [0.25, 0.3) is 0 Å². The van der Waals surface area contributed by atoms with E-state index in [0.717, 1.165) is 16.8 Å². The molecule has 0 spiro atoms. The number of rotatable bonds is 5. The Morgan fingerprint density at radius 1 is 1.33 bits per heavy atom. The Kier molecular flexibility index (Phi) is 4.70. The van der Waals surface area contributed by atoms with Gasteiger partial charge in [0.2, 0.25) is 0 Å². The van der Waals surface area contributed by atoms with Crippen LogP contribution >= 0.6 is 11.6 Å². The molecule has 0 amide bonds. The van der Waals surface area contributed by atoms with E-state index in [9.17, 15) is 4.79 Å². The predicted molar refractivity (Wildman–Crippen MR) is 83.5 cm³/mol. The Balaban J connectivity index is 2.18. The summed E-state index contributed by atoms with van der Waals surface area (Å²) in [7, 11) is 1.58. The van der Waals surface area contributed by atoms with Crippen LogP contribution in [0.1, 0.15) is 21.5 Å². The molecule has 0 saturated carbocycles. The fourth-order valence-corrected chi connectivity index (χ4v) is 2.14. The van der Waals surface area contributed by atoms with Gasteiger partial charge in [-0.3, -0.25) is 0 Å². The summed E-state index contributed by atoms with van der Waals surface area (Å²) in [6.45, 7) is 2.41. The van der Waals surface area contributed by atoms with E-state index in [1.807, 2.05) is 19.1 Å². The van der Waals surface area contributed by atoms with Crippen molar-refractivity contribution in [3.05, 3.63) is 58.1 Å². The van der Waals surface area contributed by atoms with Crippen LogP contribution in [-0.4, -0.2) is 18.2 Å². The summed E-state index contributed by atoms with van der Waals surface area (Å²) in [4.78, 5) is 11.0. The minimum Gasteiger partial charge on any atom is -0.495 e. The molecule has 2 N–H and O–H groups in total. The quantitative estimate of drug-likeness (QED) is 0.877. The number of carboxylic acid groups (broad SMARTS) is 1. The van der Waals surface area contributed by atoms with Gasteiger partial charge in [-0.15, -0.1) is 0 Å². The lowest BCUT2D eigenvalue weighted by Gasteiger charge is -2.13. The first-order chi connectivity index (χ1) is 10.0. The molecular weight excluding hydrogens is 290 g/mol. The number of hydrogen-bond donors (Lipinski definition) is 2. The first-order valence-electron chi connectivity index (χ1n) is 6.41. The molecule has 0 bridgehead atoms. The van der Waals surface area contributed by atoms with Crippen molar-refractivity contribution in [3.63, 3.8) is 0 Å². The molecule has 4 nitrogen and oxygen atoms in total. The molecule has 0 saturated heterocycles. The topological polar surface area (TPSA) is 58.6 Å². The molecule has 0 aliphatic carbocycles. The lowest BCUT2D eigenvalue weighted by atomic mass is 10.1. The number of benzene rings is 2. The van der Waals surface area contributed by atoms with E-state index in [0.29, 0.717) is 17.3 Å². The van der Waals surface area contributed by atoms with E-state index in [1.54, 1.807) is 31.4 Å². The number of carboxylic acids is 1. The molecule has 0 fully saturated rings. The van der Waals surface area contributed by atoms with Gasteiger partial charge in [0.05, 0.1) is 18.4 Å². The highest BCUT2D eigenvalue weighted by molar-refractivity contribution is 6.31. The fourth-order valence-electron chi connectivity index (χ4n) is 1.98. The Bertz CT molecular complexity index is 671. The van der Waals surface area contributed by atoms with Crippen LogP contribution in [0.25, 0.3) is 0 Å². The number of aryl methyl sites for hydroxylation is 1. The third kappa shape index (κ3) is 3.67. The molecule has 2 rings (SSSR count). The van der Waals surface area contributed by atoms with E-state index in [-0.39, 0.29) is 5.56 Å². The number of anilines is 1. The van der Waals surface area contributed by atoms with Crippen LogP contribution in [0.4, 0.5) is 5.69 Å². The zero-order valence-electron chi connectivity index (χ0n) is 11.8. The molecule has 0 heterocycles. The first kappa shape index (κ1) is 15.2. The van der Waals surface area contributed by atoms with Crippen molar-refractivity contribution in [2.45, 2.75) is 13.5 Å². The highest BCUT2D eigenvalue weighted by Gasteiger charge is 2.08. The average Bonchev–Trinajstić information content (AvgIpc) is 2.48. The van der Waals surface area contributed by atoms with Gasteiger partial charge in [-0.05, 0) is 36.2 Å². The second-order valence-electron chi connectivity index (χ2n) is 4.66. The molecule has 2 aromatic rings. The van der Waals surface area contributed by atoms with Crippen molar-refractivity contribution in [2.75, 3.05) is 12.4 Å². The molecule has 0 aliphatic heterocycles. The van der Waals surface area contributed by atoms with Gasteiger partial charge in [-0.1, -0.05) is 23.7 Å². The summed E-state index contributed by atoms with van der Waals surface area (Å²) in [5, 5.41) is 12.9. The maximum Gasteiger partial charge on any atom is 0.335 e. The van der Waals surface area contributed by atoms with Crippen LogP contribution in [0, 0.1) is 6.92 Å². The number of carbonyl (C=O) groups is 1. The standard InChI is InChI=1S/C16H16ClNO3/c1-10-6-14(15(21-2)8-13(10)17)18-9-11-4-3-5-12(7-11)16(19)20/h3-8,18H,9H2,1-2H3,(H,19,20). The number of ether oxygens (including phenoxy) is 1. The van der Waals surface area contributed by atoms with Crippen molar-refractivity contribution in [1.29, 1.82) is 0 Å². The molecule has 110 valence electrons. The molecule has 0 aromatic heterocycles. The average molecular weight is 306 g/mol. The van der Waals surface area contributed by atoms with E-state index in [1.165, 1.54) is 0 Å². The van der Waals surface area contributed by atoms with Gasteiger partial charge in [0.1, 0.15) is 5.75 Å².